The Morgan fingerprint density at radius 1 is 0.324 bits per heavy atom. The molecule has 0 atom stereocenters. The second-order valence-corrected chi connectivity index (χ2v) is 0.962. The zero-order valence-corrected chi connectivity index (χ0v) is 30.9. The van der Waals surface area contributed by atoms with Crippen LogP contribution in [0.25, 0.3) is 0 Å². The van der Waals surface area contributed by atoms with E-state index in [-0.39, 0.29) is 106 Å². The third kappa shape index (κ3) is 1630. The number of rotatable bonds is 0. The molecule has 1 fully saturated rings. The fraction of sp³-hybridized carbons (Fsp3) is 0.0526. The first kappa shape index (κ1) is 148. The molecule has 0 aromatic rings. The van der Waals surface area contributed by atoms with Gasteiger partial charge in [-0.15, -0.1) is 0 Å². The molecule has 1 saturated carbocycles. The Morgan fingerprint density at radius 2 is 0.351 bits per heavy atom. The number of hydrogen-bond donors (Lipinski definition) is 0. The fourth-order valence-electron chi connectivity index (χ4n) is 0.321. The molecule has 37 heavy (non-hydrogen) atoms. The van der Waals surface area contributed by atoms with Crippen LogP contribution >= 0.6 is 0 Å². The van der Waals surface area contributed by atoms with Crippen molar-refractivity contribution in [2.75, 3.05) is 0 Å². The van der Waals surface area contributed by atoms with Crippen molar-refractivity contribution in [2.24, 2.45) is 0 Å². The number of hydrogen-bond acceptors (Lipinski definition) is 0. The molecule has 0 aromatic carbocycles. The predicted molar refractivity (Wildman–Crippen MR) is 83.3 cm³/mol. The van der Waals surface area contributed by atoms with E-state index in [0.29, 0.717) is 0 Å². The van der Waals surface area contributed by atoms with Gasteiger partial charge in [0.05, 0.1) is 0 Å². The second-order valence-electron chi connectivity index (χ2n) is 0.962. The smallest absolute Gasteiger partial charge is 0.346 e. The van der Waals surface area contributed by atoms with Crippen molar-refractivity contribution in [3.05, 3.63) is 119 Å². The summed E-state index contributed by atoms with van der Waals surface area (Å²) in [6, 6.07) is 0. The average Bonchev–Trinajstić information content (AvgIpc) is 3.59. The molecule has 0 bridgehead atoms. The van der Waals surface area contributed by atoms with Gasteiger partial charge in [-0.1, -0.05) is 0 Å². The summed E-state index contributed by atoms with van der Waals surface area (Å²) in [5.74, 6) is 0. The van der Waals surface area contributed by atoms with Gasteiger partial charge >= 0.3 is 155 Å². The van der Waals surface area contributed by atoms with Gasteiger partial charge in [0.25, 0.3) is 0 Å². The van der Waals surface area contributed by atoms with Gasteiger partial charge in [0.2, 0.25) is 0 Å². The van der Waals surface area contributed by atoms with Crippen LogP contribution in [0.5, 0.6) is 0 Å². The molecule has 0 spiro atoms. The summed E-state index contributed by atoms with van der Waals surface area (Å²) in [7, 11) is 0. The van der Waals surface area contributed by atoms with E-state index < -0.39 is 0 Å². The molecule has 1 rings (SSSR count). The quantitative estimate of drug-likeness (QED) is 0.238. The SMILES string of the molecule is O.[C-]#[O+].[C-]#[O+].[C-]#[O+].[C-]#[O+].[C-]#[O+].[C-]#[O+].[C-]#[O+].[C-]#[O+].[C-]#[O+].[C-]#[O+].[C-]#[O+].[C-]#[O+].[CH2-]C.[CH]1[CH][CH][CH][CH]1.[Os+].[Os].[Os].[Os].[W]. The average molecular weight is 1390 g/mol. The first-order valence-corrected chi connectivity index (χ1v) is 4.82. The van der Waals surface area contributed by atoms with E-state index >= 15 is 0 Å². The van der Waals surface area contributed by atoms with E-state index in [0.717, 1.165) is 0 Å². The maximum atomic E-state index is 7.50. The topological polar surface area (TPSA) is 270 Å². The Labute approximate surface area is 285 Å². The zero-order chi connectivity index (χ0) is 29.5. The summed E-state index contributed by atoms with van der Waals surface area (Å²) >= 11 is 0. The van der Waals surface area contributed by atoms with Gasteiger partial charge in [0, 0.05) is 80.4 Å². The summed E-state index contributed by atoms with van der Waals surface area (Å²) in [6.45, 7) is 59.0. The molecule has 0 amide bonds. The third-order valence-electron chi connectivity index (χ3n) is 0.556. The minimum absolute atomic E-state index is 0. The summed E-state index contributed by atoms with van der Waals surface area (Å²) in [6.07, 6.45) is 10.0. The molecular weight excluding hydrogens is 1380 g/mol. The minimum atomic E-state index is 0. The van der Waals surface area contributed by atoms with E-state index in [1.165, 1.54) is 0 Å². The largest absolute Gasteiger partial charge is 1.00 e. The summed E-state index contributed by atoms with van der Waals surface area (Å²) < 4.78 is 90.0. The summed E-state index contributed by atoms with van der Waals surface area (Å²) in [4.78, 5) is 0. The van der Waals surface area contributed by atoms with Crippen molar-refractivity contribution < 1.29 is 162 Å². The van der Waals surface area contributed by atoms with Crippen LogP contribution in [0, 0.1) is 119 Å². The van der Waals surface area contributed by atoms with Gasteiger partial charge < -0.3 is 12.4 Å². The maximum Gasteiger partial charge on any atom is 1.00 e. The molecule has 1 aliphatic rings. The summed E-state index contributed by atoms with van der Waals surface area (Å²) in [5.41, 5.74) is 0. The van der Waals surface area contributed by atoms with Crippen LogP contribution in [-0.4, -0.2) is 5.48 Å². The van der Waals surface area contributed by atoms with Crippen LogP contribution in [0.1, 0.15) is 6.92 Å². The van der Waals surface area contributed by atoms with Gasteiger partial charge in [-0.3, -0.25) is 0 Å². The molecule has 2 N–H and O–H groups in total. The Morgan fingerprint density at radius 3 is 0.378 bits per heavy atom. The summed E-state index contributed by atoms with van der Waals surface area (Å²) in [5, 5.41) is 0. The van der Waals surface area contributed by atoms with Gasteiger partial charge in [-0.2, -0.15) is 6.92 Å². The van der Waals surface area contributed by atoms with Crippen molar-refractivity contribution >= 4 is 0 Å². The first-order valence-electron chi connectivity index (χ1n) is 4.82. The second kappa shape index (κ2) is 1720. The first-order chi connectivity index (χ1) is 15.5. The molecule has 0 aromatic heterocycles. The van der Waals surface area contributed by atoms with Crippen LogP contribution in [0.3, 0.4) is 0 Å². The maximum absolute atomic E-state index is 7.50. The predicted octanol–water partition coefficient (Wildman–Crippen LogP) is 0.575. The normalized spacial score (nSPS) is 4.05. The molecule has 1 aliphatic carbocycles. The fourth-order valence-corrected chi connectivity index (χ4v) is 0.321. The molecule has 13 nitrogen and oxygen atoms in total. The Bertz CT molecular complexity index is 298. The van der Waals surface area contributed by atoms with Crippen molar-refractivity contribution in [3.63, 3.8) is 0 Å². The Hall–Kier alpha value is 0.0738. The molecule has 0 unspecified atom stereocenters. The van der Waals surface area contributed by atoms with Crippen molar-refractivity contribution in [3.8, 4) is 0 Å². The Balaban J connectivity index is -0.00000000559. The van der Waals surface area contributed by atoms with Crippen LogP contribution in [0.15, 0.2) is 0 Å². The molecule has 18 heteroatoms. The zero-order valence-electron chi connectivity index (χ0n) is 17.8. The van der Waals surface area contributed by atoms with Crippen LogP contribution in [-0.2, 0) is 156 Å². The van der Waals surface area contributed by atoms with Gasteiger partial charge in [0.1, 0.15) is 0 Å². The molecule has 0 heterocycles. The van der Waals surface area contributed by atoms with E-state index in [9.17, 15) is 0 Å². The van der Waals surface area contributed by atoms with Crippen molar-refractivity contribution in [1.29, 1.82) is 0 Å². The third-order valence-corrected chi connectivity index (χ3v) is 0.556. The van der Waals surface area contributed by atoms with Gasteiger partial charge in [-0.05, 0) is 32.1 Å². The molecule has 0 saturated heterocycles. The van der Waals surface area contributed by atoms with Crippen LogP contribution in [0.4, 0.5) is 0 Å². The molecule has 6 radical (unpaired) electrons. The van der Waals surface area contributed by atoms with Crippen LogP contribution in [0.2, 0.25) is 0 Å². The minimum Gasteiger partial charge on any atom is -0.346 e. The monoisotopic (exact) mass is 1400 g/mol. The van der Waals surface area contributed by atoms with E-state index in [4.69, 9.17) is 55.8 Å². The van der Waals surface area contributed by atoms with Crippen LogP contribution < -0.4 is 0 Å². The van der Waals surface area contributed by atoms with Crippen molar-refractivity contribution in [2.45, 2.75) is 6.92 Å². The molecule has 0 aliphatic heterocycles. The standard InChI is InChI=1S/C5H5.C2H5.12CO.H2O.4Os.W/c1-2-4-5-3-1;13*1-2;;;;;;/h1-5H;1H2,2H3;;;;;;;;;;;;;1H2;;;;;/q;-1;;;;;;;;;;;;;;;;;+1;. The Kier molecular flexibility index (Phi) is 6880. The molecule has 204 valence electrons. The van der Waals surface area contributed by atoms with E-state index in [2.05, 4.69) is 86.7 Å². The van der Waals surface area contributed by atoms with E-state index in [1.807, 2.05) is 32.1 Å². The van der Waals surface area contributed by atoms with Crippen molar-refractivity contribution in [1.82, 2.24) is 0 Å². The molecular formula is C19H12O13Os4W. The van der Waals surface area contributed by atoms with E-state index in [1.54, 1.807) is 6.92 Å². The van der Waals surface area contributed by atoms with Gasteiger partial charge in [0.15, 0.2) is 0 Å². The van der Waals surface area contributed by atoms with Gasteiger partial charge in [-0.25, -0.2) is 0 Å².